The van der Waals surface area contributed by atoms with E-state index in [9.17, 15) is 28.2 Å². The van der Waals surface area contributed by atoms with Gasteiger partial charge < -0.3 is 15.5 Å². The molecule has 3 aromatic rings. The molecule has 0 radical (unpaired) electrons. The molecule has 0 fully saturated rings. The van der Waals surface area contributed by atoms with Gasteiger partial charge >= 0.3 is 6.18 Å². The number of anilines is 2. The lowest BCUT2D eigenvalue weighted by Crippen LogP contribution is -2.43. The molecule has 1 amide bonds. The Bertz CT molecular complexity index is 1100. The Morgan fingerprint density at radius 1 is 0.897 bits per heavy atom. The number of alkyl halides is 3. The molecular formula is C21H15F3N2O3. The summed E-state index contributed by atoms with van der Waals surface area (Å²) in [5.74, 6) is -1.24. The summed E-state index contributed by atoms with van der Waals surface area (Å²) in [6, 6.07) is 15.1. The molecule has 1 aliphatic rings. The summed E-state index contributed by atoms with van der Waals surface area (Å²) in [6.07, 6.45) is -5.46. The van der Waals surface area contributed by atoms with Crippen molar-refractivity contribution in [1.29, 1.82) is 0 Å². The molecule has 148 valence electrons. The fourth-order valence-electron chi connectivity index (χ4n) is 3.30. The first kappa shape index (κ1) is 18.7. The van der Waals surface area contributed by atoms with Crippen molar-refractivity contribution >= 4 is 17.3 Å². The number of para-hydroxylation sites is 1. The normalized spacial score (nSPS) is 16.3. The van der Waals surface area contributed by atoms with E-state index in [1.165, 1.54) is 35.2 Å². The van der Waals surface area contributed by atoms with Gasteiger partial charge in [-0.2, -0.15) is 13.2 Å². The Balaban J connectivity index is 1.88. The number of carbonyl (C=O) groups is 1. The summed E-state index contributed by atoms with van der Waals surface area (Å²) in [5, 5.41) is 22.6. The van der Waals surface area contributed by atoms with Gasteiger partial charge in [-0.15, -0.1) is 0 Å². The van der Waals surface area contributed by atoms with Crippen LogP contribution in [-0.2, 0) is 6.18 Å². The number of phenolic OH excluding ortho intramolecular Hbond substituents is 2. The number of nitrogens with one attached hydrogen (secondary N) is 1. The maximum atomic E-state index is 13.2. The number of fused-ring (bicyclic) bond motifs is 1. The van der Waals surface area contributed by atoms with E-state index in [1.807, 2.05) is 0 Å². The lowest BCUT2D eigenvalue weighted by atomic mass is 10.0. The van der Waals surface area contributed by atoms with E-state index >= 15 is 0 Å². The van der Waals surface area contributed by atoms with Crippen LogP contribution < -0.4 is 10.2 Å². The van der Waals surface area contributed by atoms with Crippen molar-refractivity contribution in [1.82, 2.24) is 0 Å². The Morgan fingerprint density at radius 3 is 2.38 bits per heavy atom. The van der Waals surface area contributed by atoms with E-state index in [1.54, 1.807) is 24.3 Å². The third-order valence-corrected chi connectivity index (χ3v) is 4.69. The molecule has 29 heavy (non-hydrogen) atoms. The molecule has 3 N–H and O–H groups in total. The molecule has 1 heterocycles. The van der Waals surface area contributed by atoms with Crippen LogP contribution in [0.4, 0.5) is 24.5 Å². The molecule has 0 spiro atoms. The van der Waals surface area contributed by atoms with Gasteiger partial charge in [0.1, 0.15) is 6.17 Å². The average molecular weight is 400 g/mol. The summed E-state index contributed by atoms with van der Waals surface area (Å²) < 4.78 is 39.6. The zero-order chi connectivity index (χ0) is 20.8. The third-order valence-electron chi connectivity index (χ3n) is 4.69. The number of hydrogen-bond donors (Lipinski definition) is 3. The van der Waals surface area contributed by atoms with E-state index in [0.29, 0.717) is 16.8 Å². The van der Waals surface area contributed by atoms with Crippen LogP contribution in [0.25, 0.3) is 0 Å². The number of rotatable bonds is 2. The Labute approximate surface area is 163 Å². The number of hydrogen-bond acceptors (Lipinski definition) is 4. The van der Waals surface area contributed by atoms with Gasteiger partial charge in [-0.25, -0.2) is 0 Å². The van der Waals surface area contributed by atoms with Crippen LogP contribution in [0.2, 0.25) is 0 Å². The molecule has 4 rings (SSSR count). The highest BCUT2D eigenvalue weighted by Crippen LogP contribution is 2.40. The minimum atomic E-state index is -4.56. The van der Waals surface area contributed by atoms with Crippen molar-refractivity contribution in [3.05, 3.63) is 83.4 Å². The standard InChI is InChI=1S/C21H15F3N2O3/c22-21(23,24)13-4-3-5-14(11-13)26-19(12-8-9-17(27)18(28)10-12)25-16-7-2-1-6-15(16)20(26)29/h1-11,19,25,27-28H. The van der Waals surface area contributed by atoms with Gasteiger partial charge in [-0.1, -0.05) is 24.3 Å². The number of amides is 1. The number of carbonyl (C=O) groups excluding carboxylic acids is 1. The van der Waals surface area contributed by atoms with Crippen molar-refractivity contribution in [3.63, 3.8) is 0 Å². The van der Waals surface area contributed by atoms with Gasteiger partial charge in [0.15, 0.2) is 11.5 Å². The predicted octanol–water partition coefficient (Wildman–Crippen LogP) is 4.89. The van der Waals surface area contributed by atoms with Crippen LogP contribution >= 0.6 is 0 Å². The summed E-state index contributed by atoms with van der Waals surface area (Å²) in [7, 11) is 0. The number of halogens is 3. The van der Waals surface area contributed by atoms with Gasteiger partial charge in [0.25, 0.3) is 5.91 Å². The molecule has 1 unspecified atom stereocenters. The second-order valence-corrected chi connectivity index (χ2v) is 6.56. The zero-order valence-corrected chi connectivity index (χ0v) is 14.8. The maximum absolute atomic E-state index is 13.2. The van der Waals surface area contributed by atoms with E-state index in [4.69, 9.17) is 0 Å². The highest BCUT2D eigenvalue weighted by molar-refractivity contribution is 6.12. The summed E-state index contributed by atoms with van der Waals surface area (Å²) >= 11 is 0. The zero-order valence-electron chi connectivity index (χ0n) is 14.8. The molecule has 0 saturated heterocycles. The van der Waals surface area contributed by atoms with Crippen LogP contribution in [0.3, 0.4) is 0 Å². The van der Waals surface area contributed by atoms with Crippen molar-refractivity contribution < 1.29 is 28.2 Å². The minimum absolute atomic E-state index is 0.0457. The topological polar surface area (TPSA) is 72.8 Å². The number of benzene rings is 3. The Morgan fingerprint density at radius 2 is 1.66 bits per heavy atom. The lowest BCUT2D eigenvalue weighted by Gasteiger charge is -2.38. The molecule has 1 atom stereocenters. The first-order valence-corrected chi connectivity index (χ1v) is 8.64. The number of phenols is 2. The van der Waals surface area contributed by atoms with Crippen molar-refractivity contribution in [2.75, 3.05) is 10.2 Å². The molecule has 1 aliphatic heterocycles. The van der Waals surface area contributed by atoms with E-state index in [0.717, 1.165) is 12.1 Å². The first-order chi connectivity index (χ1) is 13.8. The van der Waals surface area contributed by atoms with Crippen LogP contribution in [0.15, 0.2) is 66.7 Å². The molecule has 0 saturated carbocycles. The summed E-state index contributed by atoms with van der Waals surface area (Å²) in [5.41, 5.74) is 0.376. The second kappa shape index (κ2) is 6.73. The van der Waals surface area contributed by atoms with E-state index < -0.39 is 29.6 Å². The monoisotopic (exact) mass is 400 g/mol. The molecule has 0 aromatic heterocycles. The molecular weight excluding hydrogens is 385 g/mol. The first-order valence-electron chi connectivity index (χ1n) is 8.64. The minimum Gasteiger partial charge on any atom is -0.504 e. The van der Waals surface area contributed by atoms with Crippen molar-refractivity contribution in [2.45, 2.75) is 12.3 Å². The average Bonchev–Trinajstić information content (AvgIpc) is 2.69. The maximum Gasteiger partial charge on any atom is 0.416 e. The quantitative estimate of drug-likeness (QED) is 0.536. The fourth-order valence-corrected chi connectivity index (χ4v) is 3.30. The number of nitrogens with zero attached hydrogens (tertiary/aromatic N) is 1. The molecule has 8 heteroatoms. The predicted molar refractivity (Wildman–Crippen MR) is 101 cm³/mol. The highest BCUT2D eigenvalue weighted by Gasteiger charge is 2.36. The Hall–Kier alpha value is -3.68. The van der Waals surface area contributed by atoms with Gasteiger partial charge in [-0.3, -0.25) is 9.69 Å². The van der Waals surface area contributed by atoms with E-state index in [2.05, 4.69) is 5.32 Å². The summed E-state index contributed by atoms with van der Waals surface area (Å²) in [6.45, 7) is 0. The van der Waals surface area contributed by atoms with Crippen molar-refractivity contribution in [2.24, 2.45) is 0 Å². The Kier molecular flexibility index (Phi) is 4.34. The fraction of sp³-hybridized carbons (Fsp3) is 0.0952. The van der Waals surface area contributed by atoms with Gasteiger partial charge in [0.05, 0.1) is 11.1 Å². The lowest BCUT2D eigenvalue weighted by molar-refractivity contribution is -0.137. The van der Waals surface area contributed by atoms with Gasteiger partial charge in [0, 0.05) is 11.4 Å². The van der Waals surface area contributed by atoms with Crippen LogP contribution in [-0.4, -0.2) is 16.1 Å². The second-order valence-electron chi connectivity index (χ2n) is 6.56. The molecule has 5 nitrogen and oxygen atoms in total. The van der Waals surface area contributed by atoms with Crippen LogP contribution in [0, 0.1) is 0 Å². The smallest absolute Gasteiger partial charge is 0.416 e. The largest absolute Gasteiger partial charge is 0.504 e. The van der Waals surface area contributed by atoms with Gasteiger partial charge in [0.2, 0.25) is 0 Å². The SMILES string of the molecule is O=C1c2ccccc2NC(c2ccc(O)c(O)c2)N1c1cccc(C(F)(F)F)c1. The van der Waals surface area contributed by atoms with Gasteiger partial charge in [-0.05, 0) is 48.0 Å². The summed E-state index contributed by atoms with van der Waals surface area (Å²) in [4.78, 5) is 14.4. The van der Waals surface area contributed by atoms with Crippen LogP contribution in [0.1, 0.15) is 27.7 Å². The molecule has 3 aromatic carbocycles. The molecule has 0 aliphatic carbocycles. The molecule has 0 bridgehead atoms. The number of aromatic hydroxyl groups is 2. The van der Waals surface area contributed by atoms with Crippen molar-refractivity contribution in [3.8, 4) is 11.5 Å². The third kappa shape index (κ3) is 3.33. The highest BCUT2D eigenvalue weighted by atomic mass is 19.4. The van der Waals surface area contributed by atoms with E-state index in [-0.39, 0.29) is 11.4 Å². The van der Waals surface area contributed by atoms with Crippen LogP contribution in [0.5, 0.6) is 11.5 Å².